The van der Waals surface area contributed by atoms with Crippen molar-refractivity contribution >= 4 is 45.9 Å². The summed E-state index contributed by atoms with van der Waals surface area (Å²) in [6.07, 6.45) is 2.01. The summed E-state index contributed by atoms with van der Waals surface area (Å²) < 4.78 is 16.5. The van der Waals surface area contributed by atoms with Crippen molar-refractivity contribution in [2.75, 3.05) is 14.1 Å². The molecule has 0 aliphatic heterocycles. The van der Waals surface area contributed by atoms with Gasteiger partial charge in [0.05, 0.1) is 13.2 Å². The summed E-state index contributed by atoms with van der Waals surface area (Å²) in [5, 5.41) is 12.4. The van der Waals surface area contributed by atoms with Crippen molar-refractivity contribution in [3.05, 3.63) is 57.6 Å². The first-order valence-electron chi connectivity index (χ1n) is 7.55. The van der Waals surface area contributed by atoms with Gasteiger partial charge in [-0.2, -0.15) is 0 Å². The fourth-order valence-corrected chi connectivity index (χ4v) is 3.04. The minimum Gasteiger partial charge on any atom is -0.392 e. The standard InChI is InChI=1S/C17H22BrFN4O.HI/c1-20-17(23(3)10-15-7-14(18)9-22(15)2)21-8-12-4-5-16(19)13(6-12)11-24;/h4-7,9,24H,8,10-11H2,1-3H3,(H,20,21);1H. The summed E-state index contributed by atoms with van der Waals surface area (Å²) in [5.74, 6) is 0.347. The van der Waals surface area contributed by atoms with Gasteiger partial charge >= 0.3 is 0 Å². The fraction of sp³-hybridized carbons (Fsp3) is 0.353. The Kier molecular flexibility index (Phi) is 8.87. The maximum absolute atomic E-state index is 13.4. The second-order valence-electron chi connectivity index (χ2n) is 5.60. The Balaban J connectivity index is 0.00000312. The Morgan fingerprint density at radius 3 is 2.68 bits per heavy atom. The van der Waals surface area contributed by atoms with Crippen molar-refractivity contribution in [1.82, 2.24) is 14.8 Å². The van der Waals surface area contributed by atoms with Crippen LogP contribution in [0, 0.1) is 5.82 Å². The van der Waals surface area contributed by atoms with Crippen molar-refractivity contribution < 1.29 is 9.50 Å². The highest BCUT2D eigenvalue weighted by molar-refractivity contribution is 14.0. The molecule has 1 heterocycles. The molecule has 0 saturated carbocycles. The topological polar surface area (TPSA) is 52.8 Å². The number of hydrogen-bond donors (Lipinski definition) is 2. The highest BCUT2D eigenvalue weighted by atomic mass is 127. The van der Waals surface area contributed by atoms with Crippen LogP contribution >= 0.6 is 39.9 Å². The molecule has 8 heteroatoms. The maximum atomic E-state index is 13.4. The Hall–Kier alpha value is -1.13. The van der Waals surface area contributed by atoms with Crippen molar-refractivity contribution in [3.8, 4) is 0 Å². The van der Waals surface area contributed by atoms with Gasteiger partial charge in [0.1, 0.15) is 5.82 Å². The van der Waals surface area contributed by atoms with E-state index in [1.165, 1.54) is 6.07 Å². The summed E-state index contributed by atoms with van der Waals surface area (Å²) in [4.78, 5) is 6.29. The Morgan fingerprint density at radius 1 is 1.40 bits per heavy atom. The van der Waals surface area contributed by atoms with E-state index in [9.17, 15) is 4.39 Å². The molecule has 0 aliphatic carbocycles. The number of aryl methyl sites for hydroxylation is 1. The van der Waals surface area contributed by atoms with Gasteiger partial charge in [0.25, 0.3) is 0 Å². The average molecular weight is 525 g/mol. The first-order chi connectivity index (χ1) is 11.4. The van der Waals surface area contributed by atoms with Gasteiger partial charge in [0.15, 0.2) is 5.96 Å². The number of benzene rings is 1. The number of aromatic nitrogens is 1. The summed E-state index contributed by atoms with van der Waals surface area (Å²) in [6, 6.07) is 6.79. The predicted octanol–water partition coefficient (Wildman–Crippen LogP) is 3.24. The van der Waals surface area contributed by atoms with Gasteiger partial charge < -0.3 is 19.9 Å². The lowest BCUT2D eigenvalue weighted by molar-refractivity contribution is 0.275. The molecule has 0 spiro atoms. The quantitative estimate of drug-likeness (QED) is 0.359. The molecule has 0 bridgehead atoms. The lowest BCUT2D eigenvalue weighted by Crippen LogP contribution is -2.38. The van der Waals surface area contributed by atoms with Gasteiger partial charge in [-0.05, 0) is 39.7 Å². The first kappa shape index (κ1) is 21.9. The van der Waals surface area contributed by atoms with Crippen LogP contribution < -0.4 is 5.32 Å². The largest absolute Gasteiger partial charge is 0.392 e. The van der Waals surface area contributed by atoms with Crippen molar-refractivity contribution in [3.63, 3.8) is 0 Å². The highest BCUT2D eigenvalue weighted by Gasteiger charge is 2.10. The van der Waals surface area contributed by atoms with Gasteiger partial charge in [-0.15, -0.1) is 24.0 Å². The molecule has 0 radical (unpaired) electrons. The third-order valence-electron chi connectivity index (χ3n) is 3.78. The molecule has 2 aromatic rings. The monoisotopic (exact) mass is 524 g/mol. The van der Waals surface area contributed by atoms with Crippen molar-refractivity contribution in [1.29, 1.82) is 0 Å². The molecular weight excluding hydrogens is 502 g/mol. The third-order valence-corrected chi connectivity index (χ3v) is 4.21. The van der Waals surface area contributed by atoms with Crippen molar-refractivity contribution in [2.24, 2.45) is 12.0 Å². The van der Waals surface area contributed by atoms with E-state index < -0.39 is 5.82 Å². The van der Waals surface area contributed by atoms with Crippen LogP contribution in [0.15, 0.2) is 39.9 Å². The van der Waals surface area contributed by atoms with Gasteiger partial charge in [-0.3, -0.25) is 4.99 Å². The number of aliphatic hydroxyl groups is 1. The number of aliphatic imine (C=N–C) groups is 1. The highest BCUT2D eigenvalue weighted by Crippen LogP contribution is 2.15. The van der Waals surface area contributed by atoms with Gasteiger partial charge in [-0.25, -0.2) is 4.39 Å². The van der Waals surface area contributed by atoms with Gasteiger partial charge in [0, 0.05) is 49.6 Å². The van der Waals surface area contributed by atoms with E-state index in [0.717, 1.165) is 21.7 Å². The molecule has 1 aromatic carbocycles. The van der Waals surface area contributed by atoms with E-state index >= 15 is 0 Å². The second kappa shape index (κ2) is 10.1. The van der Waals surface area contributed by atoms with E-state index in [0.29, 0.717) is 18.7 Å². The minimum absolute atomic E-state index is 0. The van der Waals surface area contributed by atoms with Crippen LogP contribution in [0.4, 0.5) is 4.39 Å². The van der Waals surface area contributed by atoms with Crippen LogP contribution in [0.1, 0.15) is 16.8 Å². The molecule has 1 aromatic heterocycles. The van der Waals surface area contributed by atoms with E-state index in [-0.39, 0.29) is 30.6 Å². The molecule has 0 fully saturated rings. The van der Waals surface area contributed by atoms with E-state index in [4.69, 9.17) is 5.11 Å². The van der Waals surface area contributed by atoms with Crippen molar-refractivity contribution in [2.45, 2.75) is 19.7 Å². The number of rotatable bonds is 5. The Morgan fingerprint density at radius 2 is 2.12 bits per heavy atom. The van der Waals surface area contributed by atoms with Crippen LogP contribution in [0.2, 0.25) is 0 Å². The number of aliphatic hydroxyl groups excluding tert-OH is 1. The van der Waals surface area contributed by atoms with Gasteiger partial charge in [-0.1, -0.05) is 6.07 Å². The smallest absolute Gasteiger partial charge is 0.194 e. The molecule has 25 heavy (non-hydrogen) atoms. The van der Waals surface area contributed by atoms with E-state index in [2.05, 4.69) is 36.9 Å². The number of halogens is 3. The van der Waals surface area contributed by atoms with Crippen LogP contribution in [-0.2, 0) is 26.7 Å². The zero-order valence-electron chi connectivity index (χ0n) is 14.5. The Bertz CT molecular complexity index is 735. The first-order valence-corrected chi connectivity index (χ1v) is 8.34. The van der Waals surface area contributed by atoms with Crippen LogP contribution in [0.25, 0.3) is 0 Å². The summed E-state index contributed by atoms with van der Waals surface area (Å²) in [7, 11) is 5.68. The minimum atomic E-state index is -0.392. The number of nitrogens with one attached hydrogen (secondary N) is 1. The maximum Gasteiger partial charge on any atom is 0.194 e. The molecule has 0 atom stereocenters. The molecule has 2 rings (SSSR count). The zero-order valence-corrected chi connectivity index (χ0v) is 18.4. The molecule has 138 valence electrons. The molecule has 0 amide bonds. The second-order valence-corrected chi connectivity index (χ2v) is 6.52. The van der Waals surface area contributed by atoms with Gasteiger partial charge in [0.2, 0.25) is 0 Å². The summed E-state index contributed by atoms with van der Waals surface area (Å²) in [5.41, 5.74) is 2.33. The normalized spacial score (nSPS) is 11.2. The molecule has 2 N–H and O–H groups in total. The molecule has 5 nitrogen and oxygen atoms in total. The van der Waals surface area contributed by atoms with Crippen LogP contribution in [0.3, 0.4) is 0 Å². The summed E-state index contributed by atoms with van der Waals surface area (Å²) >= 11 is 3.47. The Labute approximate surface area is 173 Å². The molecule has 0 aliphatic rings. The van der Waals surface area contributed by atoms with Crippen LogP contribution in [-0.4, -0.2) is 34.6 Å². The van der Waals surface area contributed by atoms with Crippen LogP contribution in [0.5, 0.6) is 0 Å². The SMILES string of the molecule is CN=C(NCc1ccc(F)c(CO)c1)N(C)Cc1cc(Br)cn1C.I. The number of nitrogens with zero attached hydrogens (tertiary/aromatic N) is 3. The lowest BCUT2D eigenvalue weighted by Gasteiger charge is -2.22. The third kappa shape index (κ3) is 5.96. The van der Waals surface area contributed by atoms with E-state index in [1.807, 2.05) is 25.2 Å². The summed E-state index contributed by atoms with van der Waals surface area (Å²) in [6.45, 7) is 0.894. The molecule has 0 unspecified atom stereocenters. The lowest BCUT2D eigenvalue weighted by atomic mass is 10.1. The number of hydrogen-bond acceptors (Lipinski definition) is 2. The molecular formula is C17H23BrFIN4O. The zero-order chi connectivity index (χ0) is 17.7. The predicted molar refractivity (Wildman–Crippen MR) is 113 cm³/mol. The van der Waals surface area contributed by atoms with E-state index in [1.54, 1.807) is 19.2 Å². The number of guanidine groups is 1. The molecule has 0 saturated heterocycles. The fourth-order valence-electron chi connectivity index (χ4n) is 2.47. The average Bonchev–Trinajstić information content (AvgIpc) is 2.86.